The lowest BCUT2D eigenvalue weighted by Crippen LogP contribution is -2.56. The first kappa shape index (κ1) is 25.3. The van der Waals surface area contributed by atoms with Gasteiger partial charge >= 0.3 is 7.12 Å². The third-order valence-corrected chi connectivity index (χ3v) is 6.01. The van der Waals surface area contributed by atoms with Gasteiger partial charge in [0.15, 0.2) is 5.65 Å². The topological polar surface area (TPSA) is 150 Å². The van der Waals surface area contributed by atoms with Crippen molar-refractivity contribution in [2.45, 2.75) is 44.7 Å². The van der Waals surface area contributed by atoms with E-state index < -0.39 is 24.6 Å². The Morgan fingerprint density at radius 1 is 1.19 bits per heavy atom. The van der Waals surface area contributed by atoms with Crippen molar-refractivity contribution in [2.24, 2.45) is 11.1 Å². The molecule has 1 aliphatic heterocycles. The maximum Gasteiger partial charge on any atom is 0.475 e. The van der Waals surface area contributed by atoms with E-state index in [0.29, 0.717) is 23.3 Å². The zero-order valence-electron chi connectivity index (χ0n) is 20.2. The van der Waals surface area contributed by atoms with E-state index in [2.05, 4.69) is 26.0 Å². The molecule has 0 aliphatic carbocycles. The lowest BCUT2D eigenvalue weighted by Gasteiger charge is -2.29. The highest BCUT2D eigenvalue weighted by Gasteiger charge is 2.48. The fraction of sp³-hybridized carbons (Fsp3) is 0.375. The van der Waals surface area contributed by atoms with E-state index in [1.165, 1.54) is 6.33 Å². The van der Waals surface area contributed by atoms with Gasteiger partial charge in [-0.25, -0.2) is 0 Å². The minimum Gasteiger partial charge on any atom is -0.426 e. The first-order chi connectivity index (χ1) is 17.3. The Bertz CT molecular complexity index is 1250. The van der Waals surface area contributed by atoms with Gasteiger partial charge in [0.1, 0.15) is 6.33 Å². The van der Waals surface area contributed by atoms with Crippen LogP contribution in [0.15, 0.2) is 60.1 Å². The van der Waals surface area contributed by atoms with Gasteiger partial charge in [0.2, 0.25) is 5.60 Å². The Kier molecular flexibility index (Phi) is 7.65. The van der Waals surface area contributed by atoms with Crippen LogP contribution in [0.2, 0.25) is 0 Å². The average Bonchev–Trinajstić information content (AvgIpc) is 3.50. The monoisotopic (exact) mass is 492 g/mol. The second kappa shape index (κ2) is 10.9. The number of carbonyl (C=O) groups excluding carboxylic acids is 2. The maximum absolute atomic E-state index is 13.5. The van der Waals surface area contributed by atoms with Crippen LogP contribution in [0.5, 0.6) is 0 Å². The molecular weight excluding hydrogens is 463 g/mol. The lowest BCUT2D eigenvalue weighted by atomic mass is 9.74. The smallest absolute Gasteiger partial charge is 0.426 e. The molecule has 1 aromatic carbocycles. The molecule has 3 aromatic rings. The fourth-order valence-electron chi connectivity index (χ4n) is 4.23. The van der Waals surface area contributed by atoms with Gasteiger partial charge in [-0.1, -0.05) is 49.3 Å². The Morgan fingerprint density at radius 2 is 1.97 bits per heavy atom. The van der Waals surface area contributed by atoms with E-state index >= 15 is 0 Å². The van der Waals surface area contributed by atoms with Crippen molar-refractivity contribution >= 4 is 30.3 Å². The predicted molar refractivity (Wildman–Crippen MR) is 133 cm³/mol. The molecule has 0 bridgehead atoms. The average molecular weight is 492 g/mol. The second-order valence-corrected chi connectivity index (χ2v) is 9.37. The van der Waals surface area contributed by atoms with Crippen molar-refractivity contribution in [3.05, 3.63) is 66.1 Å². The summed E-state index contributed by atoms with van der Waals surface area (Å²) < 4.78 is 1.64. The molecule has 12 heteroatoms. The van der Waals surface area contributed by atoms with Gasteiger partial charge in [-0.05, 0) is 30.0 Å². The SMILES string of the molecule is CC(C)C[C@H](NC(=O)C1(Cc2ccccc2)CC(CNC(=O)c2cccn3cnnc23)=NO1)B(O)O. The number of hydrogen-bond acceptors (Lipinski definition) is 8. The van der Waals surface area contributed by atoms with E-state index in [4.69, 9.17) is 4.84 Å². The molecule has 1 unspecified atom stereocenters. The van der Waals surface area contributed by atoms with Crippen LogP contribution in [0.4, 0.5) is 0 Å². The number of rotatable bonds is 10. The minimum absolute atomic E-state index is 0.0654. The third-order valence-electron chi connectivity index (χ3n) is 6.01. The van der Waals surface area contributed by atoms with Crippen LogP contribution in [-0.2, 0) is 16.1 Å². The summed E-state index contributed by atoms with van der Waals surface area (Å²) in [6, 6.07) is 12.7. The highest BCUT2D eigenvalue weighted by atomic mass is 16.7. The molecule has 1 aliphatic rings. The van der Waals surface area contributed by atoms with Crippen LogP contribution in [0, 0.1) is 5.92 Å². The second-order valence-electron chi connectivity index (χ2n) is 9.37. The van der Waals surface area contributed by atoms with Crippen molar-refractivity contribution in [1.82, 2.24) is 25.2 Å². The first-order valence-electron chi connectivity index (χ1n) is 11.8. The van der Waals surface area contributed by atoms with E-state index in [0.717, 1.165) is 5.56 Å². The summed E-state index contributed by atoms with van der Waals surface area (Å²) in [6.07, 6.45) is 3.97. The van der Waals surface area contributed by atoms with Crippen molar-refractivity contribution in [3.8, 4) is 0 Å². The van der Waals surface area contributed by atoms with Gasteiger partial charge in [0.25, 0.3) is 11.8 Å². The van der Waals surface area contributed by atoms with Crippen LogP contribution in [-0.4, -0.2) is 67.4 Å². The molecule has 0 fully saturated rings. The van der Waals surface area contributed by atoms with Gasteiger partial charge in [0.05, 0.1) is 23.8 Å². The summed E-state index contributed by atoms with van der Waals surface area (Å²) >= 11 is 0. The van der Waals surface area contributed by atoms with Gasteiger partial charge in [-0.2, -0.15) is 0 Å². The number of hydrogen-bond donors (Lipinski definition) is 4. The molecule has 36 heavy (non-hydrogen) atoms. The summed E-state index contributed by atoms with van der Waals surface area (Å²) in [5.74, 6) is -1.59. The molecule has 4 rings (SSSR count). The Balaban J connectivity index is 1.48. The number of pyridine rings is 1. The van der Waals surface area contributed by atoms with Crippen LogP contribution in [0.3, 0.4) is 0 Å². The molecule has 11 nitrogen and oxygen atoms in total. The molecule has 3 heterocycles. The van der Waals surface area contributed by atoms with Crippen molar-refractivity contribution in [1.29, 1.82) is 0 Å². The van der Waals surface area contributed by atoms with E-state index in [1.807, 2.05) is 44.2 Å². The van der Waals surface area contributed by atoms with Crippen molar-refractivity contribution in [3.63, 3.8) is 0 Å². The Labute approximate surface area is 208 Å². The van der Waals surface area contributed by atoms with Crippen LogP contribution in [0.25, 0.3) is 5.65 Å². The quantitative estimate of drug-likeness (QED) is 0.305. The molecule has 2 atom stereocenters. The van der Waals surface area contributed by atoms with Gasteiger partial charge in [-0.3, -0.25) is 14.0 Å². The van der Waals surface area contributed by atoms with E-state index in [9.17, 15) is 19.6 Å². The summed E-state index contributed by atoms with van der Waals surface area (Å²) in [6.45, 7) is 3.92. The molecule has 0 radical (unpaired) electrons. The van der Waals surface area contributed by atoms with Crippen molar-refractivity contribution < 1.29 is 24.5 Å². The molecule has 0 saturated heterocycles. The van der Waals surface area contributed by atoms with E-state index in [-0.39, 0.29) is 31.2 Å². The number of aromatic nitrogens is 3. The van der Waals surface area contributed by atoms with E-state index in [1.54, 1.807) is 22.7 Å². The maximum atomic E-state index is 13.5. The molecule has 4 N–H and O–H groups in total. The predicted octanol–water partition coefficient (Wildman–Crippen LogP) is 0.760. The van der Waals surface area contributed by atoms with Crippen LogP contribution < -0.4 is 10.6 Å². The zero-order chi connectivity index (χ0) is 25.7. The summed E-state index contributed by atoms with van der Waals surface area (Å²) in [7, 11) is -1.72. The summed E-state index contributed by atoms with van der Waals surface area (Å²) in [4.78, 5) is 32.0. The fourth-order valence-corrected chi connectivity index (χ4v) is 4.23. The lowest BCUT2D eigenvalue weighted by molar-refractivity contribution is -0.144. The number of carbonyl (C=O) groups is 2. The summed E-state index contributed by atoms with van der Waals surface area (Å²) in [5, 5.41) is 37.1. The largest absolute Gasteiger partial charge is 0.475 e. The molecule has 2 aromatic heterocycles. The van der Waals surface area contributed by atoms with Gasteiger partial charge < -0.3 is 25.5 Å². The van der Waals surface area contributed by atoms with Crippen LogP contribution >= 0.6 is 0 Å². The summed E-state index contributed by atoms with van der Waals surface area (Å²) in [5.41, 5.74) is 0.732. The van der Waals surface area contributed by atoms with Crippen LogP contribution in [0.1, 0.15) is 42.6 Å². The third kappa shape index (κ3) is 5.72. The molecule has 2 amide bonds. The highest BCUT2D eigenvalue weighted by molar-refractivity contribution is 6.43. The molecule has 0 spiro atoms. The minimum atomic E-state index is -1.72. The normalized spacial score (nSPS) is 18.0. The number of amides is 2. The number of oxime groups is 1. The van der Waals surface area contributed by atoms with Gasteiger partial charge in [-0.15, -0.1) is 10.2 Å². The Morgan fingerprint density at radius 3 is 2.69 bits per heavy atom. The molecule has 0 saturated carbocycles. The highest BCUT2D eigenvalue weighted by Crippen LogP contribution is 2.29. The van der Waals surface area contributed by atoms with Crippen molar-refractivity contribution in [2.75, 3.05) is 6.54 Å². The number of nitrogens with one attached hydrogen (secondary N) is 2. The zero-order valence-corrected chi connectivity index (χ0v) is 20.2. The molecule has 188 valence electrons. The first-order valence-corrected chi connectivity index (χ1v) is 11.8. The standard InChI is InChI=1S/C24H29BN6O5/c1-16(2)11-20(25(34)35)28-23(33)24(12-17-7-4-3-5-8-17)13-18(30-36-24)14-26-22(32)19-9-6-10-31-15-27-29-21(19)31/h3-10,15-16,20,34-35H,11-14H2,1-2H3,(H,26,32)(H,28,33)/t20-,24?/m0/s1. The number of fused-ring (bicyclic) bond motifs is 1. The van der Waals surface area contributed by atoms with Gasteiger partial charge in [0, 0.05) is 19.0 Å². The number of nitrogens with zero attached hydrogens (tertiary/aromatic N) is 4. The number of benzene rings is 1. The Hall–Kier alpha value is -3.77. The molecular formula is C24H29BN6O5.